The first kappa shape index (κ1) is 32.6. The molecule has 234 valence electrons. The summed E-state index contributed by atoms with van der Waals surface area (Å²) >= 11 is 0. The number of fused-ring (bicyclic) bond motifs is 2. The van der Waals surface area contributed by atoms with Gasteiger partial charge in [-0.15, -0.1) is 0 Å². The van der Waals surface area contributed by atoms with Crippen LogP contribution in [-0.4, -0.2) is 88.5 Å². The van der Waals surface area contributed by atoms with Crippen LogP contribution in [0.2, 0.25) is 0 Å². The molecule has 7 nitrogen and oxygen atoms in total. The maximum atomic E-state index is 5.73. The van der Waals surface area contributed by atoms with Gasteiger partial charge in [0, 0.05) is 6.61 Å². The molecule has 0 N–H and O–H groups in total. The lowest BCUT2D eigenvalue weighted by molar-refractivity contribution is -0.0649. The predicted molar refractivity (Wildman–Crippen MR) is 157 cm³/mol. The molecule has 2 aliphatic carbocycles. The van der Waals surface area contributed by atoms with Crippen LogP contribution in [-0.2, 0) is 33.2 Å². The SMILES string of the molecule is CCC(C)C1CCC2OC2(C)C1.CCCC1CCC2OC2C1.CCCCOCC(COCC1CO1)OCC1CO1. The normalized spacial score (nSPS) is 37.9. The van der Waals surface area contributed by atoms with Crippen molar-refractivity contribution in [3.63, 3.8) is 0 Å². The van der Waals surface area contributed by atoms with Gasteiger partial charge in [0.2, 0.25) is 0 Å². The first-order chi connectivity index (χ1) is 19.4. The molecule has 0 bridgehead atoms. The van der Waals surface area contributed by atoms with Crippen LogP contribution in [0.1, 0.15) is 105 Å². The lowest BCUT2D eigenvalue weighted by atomic mass is 9.75. The number of rotatable bonds is 16. The summed E-state index contributed by atoms with van der Waals surface area (Å²) in [7, 11) is 0. The molecule has 0 aromatic rings. The molecule has 6 fully saturated rings. The topological polar surface area (TPSA) is 77.8 Å². The molecule has 0 radical (unpaired) electrons. The van der Waals surface area contributed by atoms with E-state index in [1.807, 2.05) is 0 Å². The Morgan fingerprint density at radius 2 is 1.62 bits per heavy atom. The van der Waals surface area contributed by atoms with Crippen LogP contribution in [0.5, 0.6) is 0 Å². The number of hydrogen-bond acceptors (Lipinski definition) is 7. The Morgan fingerprint density at radius 1 is 0.875 bits per heavy atom. The van der Waals surface area contributed by atoms with Gasteiger partial charge in [0.25, 0.3) is 0 Å². The minimum absolute atomic E-state index is 0.00445. The average molecular weight is 569 g/mol. The second-order valence-corrected chi connectivity index (χ2v) is 13.4. The van der Waals surface area contributed by atoms with Crippen molar-refractivity contribution in [2.24, 2.45) is 17.8 Å². The molecule has 4 heterocycles. The zero-order valence-electron chi connectivity index (χ0n) is 26.3. The maximum Gasteiger partial charge on any atom is 0.104 e. The Labute approximate surface area is 244 Å². The van der Waals surface area contributed by atoms with Gasteiger partial charge < -0.3 is 33.2 Å². The maximum absolute atomic E-state index is 5.73. The van der Waals surface area contributed by atoms with Gasteiger partial charge in [0.1, 0.15) is 18.3 Å². The third kappa shape index (κ3) is 11.8. The minimum Gasteiger partial charge on any atom is -0.379 e. The molecule has 10 atom stereocenters. The zero-order chi connectivity index (χ0) is 28.4. The highest BCUT2D eigenvalue weighted by Crippen LogP contribution is 2.51. The summed E-state index contributed by atoms with van der Waals surface area (Å²) in [6.45, 7) is 16.3. The van der Waals surface area contributed by atoms with E-state index in [9.17, 15) is 0 Å². The summed E-state index contributed by atoms with van der Waals surface area (Å²) in [6.07, 6.45) is 17.1. The van der Waals surface area contributed by atoms with E-state index in [1.165, 1.54) is 57.8 Å². The van der Waals surface area contributed by atoms with Crippen LogP contribution in [0.15, 0.2) is 0 Å². The van der Waals surface area contributed by atoms with E-state index in [0.717, 1.165) is 50.4 Å². The van der Waals surface area contributed by atoms with Gasteiger partial charge in [-0.05, 0) is 69.6 Å². The van der Waals surface area contributed by atoms with Crippen LogP contribution < -0.4 is 0 Å². The predicted octanol–water partition coefficient (Wildman–Crippen LogP) is 6.35. The van der Waals surface area contributed by atoms with Crippen LogP contribution in [0.25, 0.3) is 0 Å². The number of epoxide rings is 4. The molecule has 0 amide bonds. The lowest BCUT2D eigenvalue weighted by Gasteiger charge is -2.27. The molecule has 40 heavy (non-hydrogen) atoms. The monoisotopic (exact) mass is 568 g/mol. The second-order valence-electron chi connectivity index (χ2n) is 13.4. The minimum atomic E-state index is 0.00445. The van der Waals surface area contributed by atoms with E-state index < -0.39 is 0 Å². The lowest BCUT2D eigenvalue weighted by Crippen LogP contribution is -2.28. The van der Waals surface area contributed by atoms with E-state index in [0.29, 0.717) is 56.4 Å². The van der Waals surface area contributed by atoms with E-state index in [-0.39, 0.29) is 12.2 Å². The summed E-state index contributed by atoms with van der Waals surface area (Å²) in [4.78, 5) is 0. The van der Waals surface area contributed by atoms with Crippen molar-refractivity contribution in [3.05, 3.63) is 0 Å². The van der Waals surface area contributed by atoms with Crippen molar-refractivity contribution in [1.29, 1.82) is 0 Å². The van der Waals surface area contributed by atoms with Crippen molar-refractivity contribution >= 4 is 0 Å². The summed E-state index contributed by atoms with van der Waals surface area (Å²) in [6, 6.07) is 0. The molecule has 6 aliphatic rings. The summed E-state index contributed by atoms with van der Waals surface area (Å²) in [5, 5.41) is 0. The van der Waals surface area contributed by atoms with Crippen molar-refractivity contribution < 1.29 is 33.2 Å². The summed E-state index contributed by atoms with van der Waals surface area (Å²) in [5.74, 6) is 2.82. The Hall–Kier alpha value is -0.280. The molecule has 0 spiro atoms. The number of unbranched alkanes of at least 4 members (excludes halogenated alkanes) is 1. The third-order valence-corrected chi connectivity index (χ3v) is 9.64. The van der Waals surface area contributed by atoms with Crippen molar-refractivity contribution in [1.82, 2.24) is 0 Å². The van der Waals surface area contributed by atoms with Crippen molar-refractivity contribution in [2.45, 2.75) is 147 Å². The fourth-order valence-corrected chi connectivity index (χ4v) is 6.31. The fraction of sp³-hybridized carbons (Fsp3) is 1.00. The van der Waals surface area contributed by atoms with Crippen LogP contribution in [0.3, 0.4) is 0 Å². The highest BCUT2D eigenvalue weighted by atomic mass is 16.6. The Bertz CT molecular complexity index is 698. The Morgan fingerprint density at radius 3 is 2.27 bits per heavy atom. The molecule has 4 aliphatic heterocycles. The molecule has 0 aromatic heterocycles. The summed E-state index contributed by atoms with van der Waals surface area (Å²) in [5.41, 5.74) is 0.298. The number of hydrogen-bond donors (Lipinski definition) is 0. The quantitative estimate of drug-likeness (QED) is 0.159. The molecule has 6 rings (SSSR count). The van der Waals surface area contributed by atoms with E-state index >= 15 is 0 Å². The highest BCUT2D eigenvalue weighted by molar-refractivity contribution is 5.04. The summed E-state index contributed by atoms with van der Waals surface area (Å²) < 4.78 is 38.2. The Kier molecular flexibility index (Phi) is 13.5. The van der Waals surface area contributed by atoms with Gasteiger partial charge in [-0.3, -0.25) is 0 Å². The second kappa shape index (κ2) is 16.5. The molecule has 4 saturated heterocycles. The third-order valence-electron chi connectivity index (χ3n) is 9.64. The van der Waals surface area contributed by atoms with E-state index in [2.05, 4.69) is 34.6 Å². The van der Waals surface area contributed by atoms with Crippen molar-refractivity contribution in [2.75, 3.05) is 46.2 Å². The molecular weight excluding hydrogens is 508 g/mol. The van der Waals surface area contributed by atoms with Crippen molar-refractivity contribution in [3.8, 4) is 0 Å². The van der Waals surface area contributed by atoms with Gasteiger partial charge in [-0.25, -0.2) is 0 Å². The smallest absolute Gasteiger partial charge is 0.104 e. The molecule has 2 saturated carbocycles. The zero-order valence-corrected chi connectivity index (χ0v) is 26.3. The van der Waals surface area contributed by atoms with Gasteiger partial charge in [0.15, 0.2) is 0 Å². The largest absolute Gasteiger partial charge is 0.379 e. The van der Waals surface area contributed by atoms with Gasteiger partial charge in [0.05, 0.1) is 63.6 Å². The molecule has 0 aromatic carbocycles. The molecule has 7 heteroatoms. The van der Waals surface area contributed by atoms with E-state index in [4.69, 9.17) is 33.2 Å². The number of ether oxygens (including phenoxy) is 7. The van der Waals surface area contributed by atoms with Crippen LogP contribution in [0, 0.1) is 17.8 Å². The fourth-order valence-electron chi connectivity index (χ4n) is 6.31. The molecular formula is C33H60O7. The first-order valence-electron chi connectivity index (χ1n) is 16.8. The standard InChI is InChI=1S/C13H24O5.C11H20O.C9H16O/c1-2-3-4-14-5-11(16-9-13-10-18-13)6-15-7-12-8-17-12;1-4-8(2)9-5-6-10-11(3,7-9)12-10;1-2-3-7-4-5-8-9(6-7)10-8/h11-13H,2-10H2,1H3;8-10H,4-7H2,1-3H3;7-9H,2-6H2,1H3. The van der Waals surface area contributed by atoms with Crippen LogP contribution in [0.4, 0.5) is 0 Å². The van der Waals surface area contributed by atoms with Gasteiger partial charge >= 0.3 is 0 Å². The average Bonchev–Trinajstić information content (AvgIpc) is 3.78. The highest BCUT2D eigenvalue weighted by Gasteiger charge is 2.55. The van der Waals surface area contributed by atoms with Gasteiger partial charge in [-0.2, -0.15) is 0 Å². The Balaban J connectivity index is 0.000000146. The molecule has 10 unspecified atom stereocenters. The van der Waals surface area contributed by atoms with Crippen LogP contribution >= 0.6 is 0 Å². The first-order valence-corrected chi connectivity index (χ1v) is 16.8. The van der Waals surface area contributed by atoms with Gasteiger partial charge in [-0.1, -0.05) is 53.4 Å². The van der Waals surface area contributed by atoms with E-state index in [1.54, 1.807) is 0 Å².